The van der Waals surface area contributed by atoms with Crippen LogP contribution in [0.25, 0.3) is 0 Å². The molecule has 0 rings (SSSR count). The Balaban J connectivity index is 4.38. The number of nitrogens with zero attached hydrogens (tertiary/aromatic N) is 1. The molecule has 0 radical (unpaired) electrons. The van der Waals surface area contributed by atoms with Crippen LogP contribution in [-0.2, 0) is 23.1 Å². The minimum atomic E-state index is -4.56. The Morgan fingerprint density at radius 2 is 0.938 bits per heavy atom. The first kappa shape index (κ1) is 47.9. The third-order valence-corrected chi connectivity index (χ3v) is 9.83. The normalized spacial score (nSPS) is 15.4. The van der Waals surface area contributed by atoms with Crippen LogP contribution in [0.1, 0.15) is 181 Å². The lowest BCUT2D eigenvalue weighted by molar-refractivity contribution is -0.870. The van der Waals surface area contributed by atoms with Crippen molar-refractivity contribution in [1.82, 2.24) is 0 Å². The summed E-state index contributed by atoms with van der Waals surface area (Å²) in [6, 6.07) is 0. The van der Waals surface area contributed by atoms with Gasteiger partial charge in [0.1, 0.15) is 19.3 Å². The van der Waals surface area contributed by atoms with Crippen LogP contribution in [0, 0.1) is 0 Å². The number of rotatable bonds is 38. The average Bonchev–Trinajstić information content (AvgIpc) is 3.02. The molecule has 48 heavy (non-hydrogen) atoms. The monoisotopic (exact) mass is 710 g/mol. The SMILES string of the molecule is CCCCCCCCCCCCCCC(O)OC[C@H](COP(=O)([O-])OCC[N+](C)(C)C)OC(O)CCCCCCCCCCCCCC. The molecule has 0 aliphatic rings. The highest BCUT2D eigenvalue weighted by atomic mass is 31.2. The number of unbranched alkanes of at least 4 members (excludes halogenated alkanes) is 22. The molecule has 0 aromatic rings. The Morgan fingerprint density at radius 3 is 1.33 bits per heavy atom. The summed E-state index contributed by atoms with van der Waals surface area (Å²) in [7, 11) is 1.28. The number of aliphatic hydroxyl groups excluding tert-OH is 2. The van der Waals surface area contributed by atoms with Crippen LogP contribution in [0.4, 0.5) is 0 Å². The van der Waals surface area contributed by atoms with Gasteiger partial charge in [-0.1, -0.05) is 155 Å². The first-order chi connectivity index (χ1) is 23.0. The molecule has 10 heteroatoms. The number of hydrogen-bond donors (Lipinski definition) is 2. The van der Waals surface area contributed by atoms with Gasteiger partial charge < -0.3 is 38.1 Å². The minimum absolute atomic E-state index is 0.00560. The van der Waals surface area contributed by atoms with Gasteiger partial charge >= 0.3 is 0 Å². The molecule has 0 aliphatic carbocycles. The average molecular weight is 710 g/mol. The molecular formula is C38H80NO8P. The number of phosphoric acid groups is 1. The summed E-state index contributed by atoms with van der Waals surface area (Å²) < 4.78 is 34.4. The molecule has 0 aliphatic heterocycles. The quantitative estimate of drug-likeness (QED) is 0.0282. The summed E-state index contributed by atoms with van der Waals surface area (Å²) >= 11 is 0. The maximum absolute atomic E-state index is 12.3. The summed E-state index contributed by atoms with van der Waals surface area (Å²) in [5.41, 5.74) is 0. The van der Waals surface area contributed by atoms with Crippen molar-refractivity contribution in [2.45, 2.75) is 199 Å². The summed E-state index contributed by atoms with van der Waals surface area (Å²) in [4.78, 5) is 12.3. The highest BCUT2D eigenvalue weighted by Gasteiger charge is 2.21. The van der Waals surface area contributed by atoms with Crippen molar-refractivity contribution in [2.24, 2.45) is 0 Å². The highest BCUT2D eigenvalue weighted by Crippen LogP contribution is 2.38. The third-order valence-electron chi connectivity index (χ3n) is 8.86. The van der Waals surface area contributed by atoms with E-state index in [0.717, 1.165) is 38.5 Å². The van der Waals surface area contributed by atoms with Crippen molar-refractivity contribution in [1.29, 1.82) is 0 Å². The fourth-order valence-corrected chi connectivity index (χ4v) is 6.41. The second-order valence-corrected chi connectivity index (χ2v) is 16.4. The van der Waals surface area contributed by atoms with Gasteiger partial charge in [0.25, 0.3) is 7.82 Å². The molecule has 290 valence electrons. The molecular weight excluding hydrogens is 629 g/mol. The summed E-state index contributed by atoms with van der Waals surface area (Å²) in [6.07, 6.45) is 27.7. The largest absolute Gasteiger partial charge is 0.756 e. The molecule has 0 amide bonds. The predicted octanol–water partition coefficient (Wildman–Crippen LogP) is 9.42. The lowest BCUT2D eigenvalue weighted by Crippen LogP contribution is -2.37. The third kappa shape index (κ3) is 35.7. The van der Waals surface area contributed by atoms with E-state index in [0.29, 0.717) is 23.9 Å². The smallest absolute Gasteiger partial charge is 0.268 e. The van der Waals surface area contributed by atoms with Gasteiger partial charge in [-0.15, -0.1) is 0 Å². The summed E-state index contributed by atoms with van der Waals surface area (Å²) in [6.45, 7) is 4.56. The van der Waals surface area contributed by atoms with Crippen molar-refractivity contribution < 1.29 is 42.7 Å². The van der Waals surface area contributed by atoms with Gasteiger partial charge in [-0.2, -0.15) is 0 Å². The molecule has 0 bridgehead atoms. The van der Waals surface area contributed by atoms with Gasteiger partial charge in [0.2, 0.25) is 0 Å². The molecule has 4 atom stereocenters. The number of ether oxygens (including phenoxy) is 2. The van der Waals surface area contributed by atoms with E-state index < -0.39 is 26.5 Å². The Bertz CT molecular complexity index is 723. The van der Waals surface area contributed by atoms with Crippen LogP contribution in [0.2, 0.25) is 0 Å². The van der Waals surface area contributed by atoms with E-state index in [4.69, 9.17) is 18.5 Å². The topological polar surface area (TPSA) is 118 Å². The predicted molar refractivity (Wildman–Crippen MR) is 197 cm³/mol. The number of quaternary nitrogens is 1. The van der Waals surface area contributed by atoms with E-state index in [1.807, 2.05) is 21.1 Å². The molecule has 0 aromatic carbocycles. The van der Waals surface area contributed by atoms with Crippen LogP contribution < -0.4 is 4.89 Å². The van der Waals surface area contributed by atoms with E-state index in [1.165, 1.54) is 116 Å². The van der Waals surface area contributed by atoms with Gasteiger partial charge in [0.05, 0.1) is 34.4 Å². The van der Waals surface area contributed by atoms with Crippen LogP contribution in [0.5, 0.6) is 0 Å². The van der Waals surface area contributed by atoms with Crippen molar-refractivity contribution >= 4 is 7.82 Å². The molecule has 0 aromatic heterocycles. The standard InChI is InChI=1S/C38H80NO8P/c1-6-8-10-12-14-16-18-20-22-24-26-28-30-37(40)44-34-36(35-46-48(42,43)45-33-32-39(3,4)5)47-38(41)31-29-27-25-23-21-19-17-15-13-11-9-7-2/h36-38,40-41H,6-35H2,1-5H3/t36-,37?,38?/m1/s1. The minimum Gasteiger partial charge on any atom is -0.756 e. The van der Waals surface area contributed by atoms with Crippen LogP contribution in [0.3, 0.4) is 0 Å². The number of phosphoric ester groups is 1. The lowest BCUT2D eigenvalue weighted by Gasteiger charge is -2.29. The van der Waals surface area contributed by atoms with E-state index in [9.17, 15) is 19.7 Å². The van der Waals surface area contributed by atoms with Gasteiger partial charge in [-0.3, -0.25) is 4.57 Å². The molecule has 0 spiro atoms. The van der Waals surface area contributed by atoms with Crippen molar-refractivity contribution in [2.75, 3.05) is 47.5 Å². The Morgan fingerprint density at radius 1 is 0.562 bits per heavy atom. The molecule has 9 nitrogen and oxygen atoms in total. The number of hydrogen-bond acceptors (Lipinski definition) is 8. The van der Waals surface area contributed by atoms with Gasteiger partial charge in [-0.05, 0) is 25.7 Å². The lowest BCUT2D eigenvalue weighted by atomic mass is 10.0. The molecule has 0 saturated carbocycles. The van der Waals surface area contributed by atoms with E-state index in [-0.39, 0.29) is 19.8 Å². The highest BCUT2D eigenvalue weighted by molar-refractivity contribution is 7.45. The zero-order chi connectivity index (χ0) is 35.8. The van der Waals surface area contributed by atoms with Crippen molar-refractivity contribution in [3.05, 3.63) is 0 Å². The van der Waals surface area contributed by atoms with Gasteiger partial charge in [-0.25, -0.2) is 0 Å². The van der Waals surface area contributed by atoms with Crippen LogP contribution >= 0.6 is 7.82 Å². The zero-order valence-corrected chi connectivity index (χ0v) is 33.1. The molecule has 2 N–H and O–H groups in total. The molecule has 0 fully saturated rings. The second-order valence-electron chi connectivity index (χ2n) is 14.9. The molecule has 0 heterocycles. The first-order valence-electron chi connectivity index (χ1n) is 20.0. The van der Waals surface area contributed by atoms with Crippen molar-refractivity contribution in [3.63, 3.8) is 0 Å². The Kier molecular flexibility index (Phi) is 32.7. The fraction of sp³-hybridized carbons (Fsp3) is 1.00. The van der Waals surface area contributed by atoms with Crippen LogP contribution in [-0.4, -0.2) is 80.9 Å². The Labute approximate surface area is 297 Å². The van der Waals surface area contributed by atoms with Crippen LogP contribution in [0.15, 0.2) is 0 Å². The summed E-state index contributed by atoms with van der Waals surface area (Å²) in [5.74, 6) is 0. The van der Waals surface area contributed by atoms with E-state index in [1.54, 1.807) is 0 Å². The van der Waals surface area contributed by atoms with E-state index >= 15 is 0 Å². The second kappa shape index (κ2) is 32.8. The summed E-state index contributed by atoms with van der Waals surface area (Å²) in [5, 5.41) is 21.0. The van der Waals surface area contributed by atoms with Crippen molar-refractivity contribution in [3.8, 4) is 0 Å². The van der Waals surface area contributed by atoms with Gasteiger partial charge in [0.15, 0.2) is 12.6 Å². The molecule has 3 unspecified atom stereocenters. The maximum atomic E-state index is 12.3. The van der Waals surface area contributed by atoms with Gasteiger partial charge in [0, 0.05) is 0 Å². The fourth-order valence-electron chi connectivity index (χ4n) is 5.68. The zero-order valence-electron chi connectivity index (χ0n) is 32.2. The first-order valence-corrected chi connectivity index (χ1v) is 21.5. The molecule has 0 saturated heterocycles. The maximum Gasteiger partial charge on any atom is 0.268 e. The van der Waals surface area contributed by atoms with E-state index in [2.05, 4.69) is 13.8 Å². The number of likely N-dealkylation sites (N-methyl/N-ethyl adjacent to an activating group) is 1. The Hall–Kier alpha value is -0.0900. The number of aliphatic hydroxyl groups is 2.